The molecule has 19 heavy (non-hydrogen) atoms. The van der Waals surface area contributed by atoms with Gasteiger partial charge in [0.05, 0.1) is 21.2 Å². The Morgan fingerprint density at radius 1 is 1.11 bits per heavy atom. The van der Waals surface area contributed by atoms with E-state index in [1.165, 1.54) is 18.2 Å². The van der Waals surface area contributed by atoms with Crippen molar-refractivity contribution in [2.45, 2.75) is 6.18 Å². The molecule has 100 valence electrons. The first-order valence-corrected chi connectivity index (χ1v) is 5.81. The molecule has 2 aromatic rings. The van der Waals surface area contributed by atoms with Crippen LogP contribution in [-0.4, -0.2) is 4.98 Å². The molecule has 0 atom stereocenters. The molecule has 1 heterocycles. The van der Waals surface area contributed by atoms with Gasteiger partial charge in [0.15, 0.2) is 0 Å². The smallest absolute Gasteiger partial charge is 0.329 e. The van der Waals surface area contributed by atoms with Gasteiger partial charge >= 0.3 is 6.18 Å². The summed E-state index contributed by atoms with van der Waals surface area (Å²) in [4.78, 5) is 13.9. The molecular formula is C12H6Cl2F3NO. The number of rotatable bonds is 1. The van der Waals surface area contributed by atoms with E-state index in [4.69, 9.17) is 23.2 Å². The van der Waals surface area contributed by atoms with E-state index in [1.54, 1.807) is 0 Å². The molecule has 2 nitrogen and oxygen atoms in total. The van der Waals surface area contributed by atoms with E-state index < -0.39 is 22.9 Å². The van der Waals surface area contributed by atoms with Crippen LogP contribution in [-0.2, 0) is 6.18 Å². The second-order valence-electron chi connectivity index (χ2n) is 3.69. The van der Waals surface area contributed by atoms with E-state index in [0.29, 0.717) is 0 Å². The van der Waals surface area contributed by atoms with Crippen LogP contribution in [0.4, 0.5) is 13.2 Å². The molecule has 0 aliphatic rings. The zero-order valence-corrected chi connectivity index (χ0v) is 10.7. The minimum atomic E-state index is -4.66. The topological polar surface area (TPSA) is 32.9 Å². The summed E-state index contributed by atoms with van der Waals surface area (Å²) < 4.78 is 38.8. The van der Waals surface area contributed by atoms with E-state index in [-0.39, 0.29) is 15.6 Å². The van der Waals surface area contributed by atoms with E-state index in [1.807, 2.05) is 0 Å². The summed E-state index contributed by atoms with van der Waals surface area (Å²) in [7, 11) is 0. The quantitative estimate of drug-likeness (QED) is 0.834. The second kappa shape index (κ2) is 4.90. The van der Waals surface area contributed by atoms with Crippen molar-refractivity contribution in [3.8, 4) is 11.1 Å². The first kappa shape index (κ1) is 14.0. The van der Waals surface area contributed by atoms with Gasteiger partial charge in [0, 0.05) is 11.8 Å². The molecule has 0 amide bonds. The molecule has 0 fully saturated rings. The molecule has 2 rings (SSSR count). The molecule has 0 saturated carbocycles. The van der Waals surface area contributed by atoms with E-state index >= 15 is 0 Å². The average Bonchev–Trinajstić information content (AvgIpc) is 2.32. The highest BCUT2D eigenvalue weighted by atomic mass is 35.5. The lowest BCUT2D eigenvalue weighted by atomic mass is 10.0. The highest BCUT2D eigenvalue weighted by molar-refractivity contribution is 6.43. The predicted octanol–water partition coefficient (Wildman–Crippen LogP) is 4.37. The summed E-state index contributed by atoms with van der Waals surface area (Å²) in [5.74, 6) is 0. The summed E-state index contributed by atoms with van der Waals surface area (Å²) in [6.07, 6.45) is -3.72. The Bertz CT molecular complexity index is 679. The number of hydrogen-bond acceptors (Lipinski definition) is 1. The minimum Gasteiger partial charge on any atom is -0.329 e. The van der Waals surface area contributed by atoms with Crippen molar-refractivity contribution < 1.29 is 13.2 Å². The fourth-order valence-corrected chi connectivity index (χ4v) is 2.07. The lowest BCUT2D eigenvalue weighted by molar-refractivity contribution is -0.137. The van der Waals surface area contributed by atoms with E-state index in [2.05, 4.69) is 4.98 Å². The first-order chi connectivity index (χ1) is 8.82. The van der Waals surface area contributed by atoms with Crippen molar-refractivity contribution in [1.29, 1.82) is 0 Å². The van der Waals surface area contributed by atoms with Crippen LogP contribution >= 0.6 is 23.2 Å². The maximum absolute atomic E-state index is 12.9. The summed E-state index contributed by atoms with van der Waals surface area (Å²) in [5, 5.41) is -0.0121. The standard InChI is InChI=1S/C12H6Cl2F3NO/c13-8-3-1-2-6(10(8)14)9-7(12(15,16)17)4-5-18-11(9)19/h1-5H,(H,18,19). The van der Waals surface area contributed by atoms with Crippen molar-refractivity contribution in [2.24, 2.45) is 0 Å². The van der Waals surface area contributed by atoms with Crippen molar-refractivity contribution >= 4 is 23.2 Å². The molecule has 1 N–H and O–H groups in total. The fourth-order valence-electron chi connectivity index (χ4n) is 1.68. The van der Waals surface area contributed by atoms with Crippen LogP contribution in [0.5, 0.6) is 0 Å². The molecule has 1 aromatic carbocycles. The Morgan fingerprint density at radius 3 is 2.42 bits per heavy atom. The number of halogens is 5. The number of aromatic amines is 1. The van der Waals surface area contributed by atoms with Gasteiger partial charge in [-0.2, -0.15) is 13.2 Å². The number of hydrogen-bond donors (Lipinski definition) is 1. The monoisotopic (exact) mass is 307 g/mol. The fraction of sp³-hybridized carbons (Fsp3) is 0.0833. The van der Waals surface area contributed by atoms with Crippen LogP contribution < -0.4 is 5.56 Å². The summed E-state index contributed by atoms with van der Waals surface area (Å²) in [6, 6.07) is 4.95. The van der Waals surface area contributed by atoms with Crippen molar-refractivity contribution in [3.63, 3.8) is 0 Å². The molecule has 0 aliphatic carbocycles. The third-order valence-electron chi connectivity index (χ3n) is 2.49. The van der Waals surface area contributed by atoms with E-state index in [9.17, 15) is 18.0 Å². The normalized spacial score (nSPS) is 11.6. The van der Waals surface area contributed by atoms with Gasteiger partial charge in [-0.05, 0) is 12.1 Å². The van der Waals surface area contributed by atoms with Crippen LogP contribution in [0.3, 0.4) is 0 Å². The third kappa shape index (κ3) is 2.62. The Labute approximate surface area is 115 Å². The molecule has 0 unspecified atom stereocenters. The number of H-pyrrole nitrogens is 1. The average molecular weight is 308 g/mol. The van der Waals surface area contributed by atoms with Gasteiger partial charge in [-0.25, -0.2) is 0 Å². The van der Waals surface area contributed by atoms with Crippen LogP contribution in [0.15, 0.2) is 35.3 Å². The Hall–Kier alpha value is -1.46. The Kier molecular flexibility index (Phi) is 3.60. The van der Waals surface area contributed by atoms with Gasteiger partial charge in [-0.15, -0.1) is 0 Å². The zero-order valence-electron chi connectivity index (χ0n) is 9.18. The second-order valence-corrected chi connectivity index (χ2v) is 4.48. The van der Waals surface area contributed by atoms with Crippen molar-refractivity contribution in [2.75, 3.05) is 0 Å². The number of nitrogens with one attached hydrogen (secondary N) is 1. The lowest BCUT2D eigenvalue weighted by Crippen LogP contribution is -2.17. The summed E-state index contributed by atoms with van der Waals surface area (Å²) in [5.41, 5.74) is -2.52. The number of pyridine rings is 1. The molecule has 0 spiro atoms. The van der Waals surface area contributed by atoms with Crippen LogP contribution in [0.2, 0.25) is 10.0 Å². The van der Waals surface area contributed by atoms with Gasteiger partial charge in [0.1, 0.15) is 0 Å². The van der Waals surface area contributed by atoms with Gasteiger partial charge in [0.25, 0.3) is 5.56 Å². The van der Waals surface area contributed by atoms with Crippen molar-refractivity contribution in [3.05, 3.63) is 56.4 Å². The molecule has 7 heteroatoms. The highest BCUT2D eigenvalue weighted by Gasteiger charge is 2.35. The molecule has 1 aromatic heterocycles. The van der Waals surface area contributed by atoms with Crippen molar-refractivity contribution in [1.82, 2.24) is 4.98 Å². The zero-order chi connectivity index (χ0) is 14.2. The molecule has 0 saturated heterocycles. The minimum absolute atomic E-state index is 0.0525. The van der Waals surface area contributed by atoms with Crippen LogP contribution in [0.25, 0.3) is 11.1 Å². The van der Waals surface area contributed by atoms with Gasteiger partial charge in [0.2, 0.25) is 0 Å². The van der Waals surface area contributed by atoms with Crippen LogP contribution in [0.1, 0.15) is 5.56 Å². The largest absolute Gasteiger partial charge is 0.417 e. The SMILES string of the molecule is O=c1[nH]ccc(C(F)(F)F)c1-c1cccc(Cl)c1Cl. The van der Waals surface area contributed by atoms with Gasteiger partial charge in [-0.1, -0.05) is 35.3 Å². The molecular weight excluding hydrogens is 302 g/mol. The predicted molar refractivity (Wildman–Crippen MR) is 67.5 cm³/mol. The van der Waals surface area contributed by atoms with Gasteiger partial charge in [-0.3, -0.25) is 4.79 Å². The Morgan fingerprint density at radius 2 is 1.79 bits per heavy atom. The maximum atomic E-state index is 12.9. The highest BCUT2D eigenvalue weighted by Crippen LogP contribution is 2.39. The number of aromatic nitrogens is 1. The van der Waals surface area contributed by atoms with E-state index in [0.717, 1.165) is 12.3 Å². The first-order valence-electron chi connectivity index (χ1n) is 5.05. The Balaban J connectivity index is 2.83. The lowest BCUT2D eigenvalue weighted by Gasteiger charge is -2.13. The molecule has 0 bridgehead atoms. The maximum Gasteiger partial charge on any atom is 0.417 e. The summed E-state index contributed by atoms with van der Waals surface area (Å²) >= 11 is 11.6. The third-order valence-corrected chi connectivity index (χ3v) is 3.31. The van der Waals surface area contributed by atoms with Crippen LogP contribution in [0, 0.1) is 0 Å². The molecule has 0 aliphatic heterocycles. The number of alkyl halides is 3. The summed E-state index contributed by atoms with van der Waals surface area (Å²) in [6.45, 7) is 0. The number of benzene rings is 1. The molecule has 0 radical (unpaired) electrons. The van der Waals surface area contributed by atoms with Gasteiger partial charge < -0.3 is 4.98 Å².